The van der Waals surface area contributed by atoms with Crippen molar-refractivity contribution in [1.82, 2.24) is 4.90 Å². The average Bonchev–Trinajstić information content (AvgIpc) is 2.27. The van der Waals surface area contributed by atoms with Crippen molar-refractivity contribution in [2.75, 3.05) is 19.3 Å². The van der Waals surface area contributed by atoms with Crippen molar-refractivity contribution >= 4 is 11.6 Å². The molecule has 4 nitrogen and oxygen atoms in total. The Labute approximate surface area is 108 Å². The van der Waals surface area contributed by atoms with Crippen LogP contribution in [0.25, 0.3) is 0 Å². The van der Waals surface area contributed by atoms with Gasteiger partial charge in [-0.1, -0.05) is 12.1 Å². The number of hydrogen-bond acceptors (Lipinski definition) is 3. The SMILES string of the molecule is CC(O)CN(C)C(=O)C(C)(C)c1ccc(N)cc1. The van der Waals surface area contributed by atoms with Gasteiger partial charge in [0.15, 0.2) is 0 Å². The molecule has 0 heterocycles. The molecule has 18 heavy (non-hydrogen) atoms. The number of nitrogen functional groups attached to an aromatic ring is 1. The zero-order valence-electron chi connectivity index (χ0n) is 11.5. The maximum Gasteiger partial charge on any atom is 0.232 e. The van der Waals surface area contributed by atoms with Gasteiger partial charge in [-0.15, -0.1) is 0 Å². The van der Waals surface area contributed by atoms with E-state index in [2.05, 4.69) is 0 Å². The van der Waals surface area contributed by atoms with Crippen molar-refractivity contribution in [3.63, 3.8) is 0 Å². The van der Waals surface area contributed by atoms with Crippen molar-refractivity contribution < 1.29 is 9.90 Å². The van der Waals surface area contributed by atoms with Crippen LogP contribution in [0.3, 0.4) is 0 Å². The van der Waals surface area contributed by atoms with Gasteiger partial charge in [0.2, 0.25) is 5.91 Å². The molecule has 0 bridgehead atoms. The van der Waals surface area contributed by atoms with Crippen molar-refractivity contribution in [2.45, 2.75) is 32.3 Å². The number of aliphatic hydroxyl groups is 1. The molecule has 1 unspecified atom stereocenters. The number of carbonyl (C=O) groups excluding carboxylic acids is 1. The van der Waals surface area contributed by atoms with E-state index in [4.69, 9.17) is 5.73 Å². The topological polar surface area (TPSA) is 66.6 Å². The molecule has 0 aromatic heterocycles. The lowest BCUT2D eigenvalue weighted by atomic mass is 9.83. The molecule has 0 radical (unpaired) electrons. The second-order valence-electron chi connectivity index (χ2n) is 5.28. The zero-order chi connectivity index (χ0) is 13.9. The minimum Gasteiger partial charge on any atom is -0.399 e. The third-order valence-electron chi connectivity index (χ3n) is 3.05. The Kier molecular flexibility index (Phi) is 4.35. The standard InChI is InChI=1S/C14H22N2O2/c1-10(17)9-16(4)13(18)14(2,3)11-5-7-12(15)8-6-11/h5-8,10,17H,9,15H2,1-4H3. The molecule has 1 aromatic carbocycles. The van der Waals surface area contributed by atoms with Crippen LogP contribution < -0.4 is 5.73 Å². The summed E-state index contributed by atoms with van der Waals surface area (Å²) >= 11 is 0. The minimum atomic E-state index is -0.628. The van der Waals surface area contributed by atoms with Gasteiger partial charge < -0.3 is 15.7 Å². The van der Waals surface area contributed by atoms with E-state index in [0.29, 0.717) is 12.2 Å². The molecule has 0 spiro atoms. The van der Waals surface area contributed by atoms with Gasteiger partial charge in [0, 0.05) is 19.3 Å². The van der Waals surface area contributed by atoms with Crippen molar-refractivity contribution in [2.24, 2.45) is 0 Å². The second kappa shape index (κ2) is 5.40. The number of amides is 1. The van der Waals surface area contributed by atoms with Gasteiger partial charge in [-0.05, 0) is 38.5 Å². The summed E-state index contributed by atoms with van der Waals surface area (Å²) in [6.45, 7) is 5.75. The molecule has 0 saturated carbocycles. The van der Waals surface area contributed by atoms with Gasteiger partial charge in [-0.25, -0.2) is 0 Å². The van der Waals surface area contributed by atoms with Crippen molar-refractivity contribution in [1.29, 1.82) is 0 Å². The van der Waals surface area contributed by atoms with Gasteiger partial charge in [-0.2, -0.15) is 0 Å². The first-order valence-corrected chi connectivity index (χ1v) is 6.05. The maximum atomic E-state index is 12.4. The number of nitrogens with zero attached hydrogens (tertiary/aromatic N) is 1. The summed E-state index contributed by atoms with van der Waals surface area (Å²) in [5, 5.41) is 9.33. The van der Waals surface area contributed by atoms with Crippen LogP contribution in [-0.4, -0.2) is 35.6 Å². The molecule has 1 atom stereocenters. The number of benzene rings is 1. The van der Waals surface area contributed by atoms with E-state index in [0.717, 1.165) is 5.56 Å². The largest absolute Gasteiger partial charge is 0.399 e. The molecule has 4 heteroatoms. The summed E-state index contributed by atoms with van der Waals surface area (Å²) in [6.07, 6.45) is -0.527. The average molecular weight is 250 g/mol. The fourth-order valence-electron chi connectivity index (χ4n) is 1.98. The molecule has 0 aliphatic rings. The Hall–Kier alpha value is -1.55. The third-order valence-corrected chi connectivity index (χ3v) is 3.05. The Morgan fingerprint density at radius 1 is 1.39 bits per heavy atom. The van der Waals surface area contributed by atoms with E-state index in [1.807, 2.05) is 26.0 Å². The molecule has 3 N–H and O–H groups in total. The van der Waals surface area contributed by atoms with Crippen LogP contribution >= 0.6 is 0 Å². The zero-order valence-corrected chi connectivity index (χ0v) is 11.5. The molecule has 1 rings (SSSR count). The fraction of sp³-hybridized carbons (Fsp3) is 0.500. The minimum absolute atomic E-state index is 0.0202. The number of hydrogen-bond donors (Lipinski definition) is 2. The Morgan fingerprint density at radius 2 is 1.89 bits per heavy atom. The summed E-state index contributed by atoms with van der Waals surface area (Å²) in [5.41, 5.74) is 6.61. The van der Waals surface area contributed by atoms with Gasteiger partial charge in [0.1, 0.15) is 0 Å². The molecule has 0 saturated heterocycles. The lowest BCUT2D eigenvalue weighted by molar-refractivity contribution is -0.136. The highest BCUT2D eigenvalue weighted by atomic mass is 16.3. The summed E-state index contributed by atoms with van der Waals surface area (Å²) in [7, 11) is 1.70. The second-order valence-corrected chi connectivity index (χ2v) is 5.28. The van der Waals surface area contributed by atoms with Crippen molar-refractivity contribution in [3.05, 3.63) is 29.8 Å². The summed E-state index contributed by atoms with van der Waals surface area (Å²) in [5.74, 6) is -0.0202. The summed E-state index contributed by atoms with van der Waals surface area (Å²) in [6, 6.07) is 7.31. The molecule has 0 aliphatic heterocycles. The van der Waals surface area contributed by atoms with Gasteiger partial charge in [-0.3, -0.25) is 4.79 Å². The lowest BCUT2D eigenvalue weighted by Crippen LogP contribution is -2.43. The summed E-state index contributed by atoms with van der Waals surface area (Å²) < 4.78 is 0. The van der Waals surface area contributed by atoms with Crippen LogP contribution in [0.5, 0.6) is 0 Å². The molecule has 1 amide bonds. The van der Waals surface area contributed by atoms with E-state index in [-0.39, 0.29) is 5.91 Å². The first-order valence-electron chi connectivity index (χ1n) is 6.05. The van der Waals surface area contributed by atoms with Crippen LogP contribution in [0, 0.1) is 0 Å². The van der Waals surface area contributed by atoms with E-state index in [1.54, 1.807) is 31.0 Å². The van der Waals surface area contributed by atoms with Gasteiger partial charge in [0.25, 0.3) is 0 Å². The number of aliphatic hydroxyl groups excluding tert-OH is 1. The van der Waals surface area contributed by atoms with Crippen LogP contribution in [0.1, 0.15) is 26.3 Å². The molecule has 0 fully saturated rings. The van der Waals surface area contributed by atoms with Crippen LogP contribution in [0.2, 0.25) is 0 Å². The number of nitrogens with two attached hydrogens (primary N) is 1. The monoisotopic (exact) mass is 250 g/mol. The summed E-state index contributed by atoms with van der Waals surface area (Å²) in [4.78, 5) is 13.9. The quantitative estimate of drug-likeness (QED) is 0.793. The smallest absolute Gasteiger partial charge is 0.232 e. The Morgan fingerprint density at radius 3 is 2.33 bits per heavy atom. The highest BCUT2D eigenvalue weighted by Crippen LogP contribution is 2.26. The lowest BCUT2D eigenvalue weighted by Gasteiger charge is -2.30. The molecular weight excluding hydrogens is 228 g/mol. The van der Waals surface area contributed by atoms with E-state index in [1.165, 1.54) is 0 Å². The van der Waals surface area contributed by atoms with Crippen molar-refractivity contribution in [3.8, 4) is 0 Å². The molecule has 0 aliphatic carbocycles. The third kappa shape index (κ3) is 3.23. The van der Waals surface area contributed by atoms with Gasteiger partial charge >= 0.3 is 0 Å². The van der Waals surface area contributed by atoms with E-state index in [9.17, 15) is 9.90 Å². The molecule has 100 valence electrons. The number of anilines is 1. The van der Waals surface area contributed by atoms with E-state index < -0.39 is 11.5 Å². The Bertz CT molecular complexity index is 410. The molecule has 1 aromatic rings. The van der Waals surface area contributed by atoms with Crippen LogP contribution in [0.4, 0.5) is 5.69 Å². The Balaban J connectivity index is 2.91. The number of likely N-dealkylation sites (N-methyl/N-ethyl adjacent to an activating group) is 1. The van der Waals surface area contributed by atoms with Crippen LogP contribution in [-0.2, 0) is 10.2 Å². The first-order chi connectivity index (χ1) is 8.25. The maximum absolute atomic E-state index is 12.4. The number of rotatable bonds is 4. The number of carbonyl (C=O) groups is 1. The molecular formula is C14H22N2O2. The fourth-order valence-corrected chi connectivity index (χ4v) is 1.98. The predicted molar refractivity (Wildman–Crippen MR) is 73.2 cm³/mol. The van der Waals surface area contributed by atoms with E-state index >= 15 is 0 Å². The first kappa shape index (κ1) is 14.5. The highest BCUT2D eigenvalue weighted by Gasteiger charge is 2.32. The normalized spacial score (nSPS) is 13.2. The highest BCUT2D eigenvalue weighted by molar-refractivity contribution is 5.87. The van der Waals surface area contributed by atoms with Gasteiger partial charge in [0.05, 0.1) is 11.5 Å². The predicted octanol–water partition coefficient (Wildman–Crippen LogP) is 1.39. The van der Waals surface area contributed by atoms with Crippen LogP contribution in [0.15, 0.2) is 24.3 Å².